The number of hydrogen-bond donors (Lipinski definition) is 0. The van der Waals surface area contributed by atoms with Crippen LogP contribution >= 0.6 is 0 Å². The van der Waals surface area contributed by atoms with Gasteiger partial charge in [-0.05, 0) is 26.2 Å². The SMILES string of the molecule is COC(=O)C(C)N1CCCCC1C#N. The molecular weight excluding hydrogens is 180 g/mol. The van der Waals surface area contributed by atoms with Crippen molar-refractivity contribution in [2.75, 3.05) is 13.7 Å². The summed E-state index contributed by atoms with van der Waals surface area (Å²) in [5.41, 5.74) is 0. The highest BCUT2D eigenvalue weighted by molar-refractivity contribution is 5.75. The first kappa shape index (κ1) is 11.0. The first-order valence-electron chi connectivity index (χ1n) is 4.94. The van der Waals surface area contributed by atoms with Crippen LogP contribution in [-0.4, -0.2) is 36.6 Å². The minimum atomic E-state index is -0.301. The predicted octanol–water partition coefficient (Wildman–Crippen LogP) is 0.926. The Labute approximate surface area is 84.4 Å². The van der Waals surface area contributed by atoms with E-state index in [1.807, 2.05) is 4.90 Å². The molecule has 1 fully saturated rings. The molecule has 0 aliphatic carbocycles. The van der Waals surface area contributed by atoms with E-state index in [1.54, 1.807) is 6.92 Å². The third-order valence-electron chi connectivity index (χ3n) is 2.73. The molecule has 4 nitrogen and oxygen atoms in total. The summed E-state index contributed by atoms with van der Waals surface area (Å²) in [4.78, 5) is 13.2. The van der Waals surface area contributed by atoms with Gasteiger partial charge in [0.15, 0.2) is 0 Å². The molecule has 0 radical (unpaired) electrons. The van der Waals surface area contributed by atoms with Gasteiger partial charge in [0.1, 0.15) is 6.04 Å². The quantitative estimate of drug-likeness (QED) is 0.616. The second-order valence-electron chi connectivity index (χ2n) is 3.58. The van der Waals surface area contributed by atoms with Crippen molar-refractivity contribution in [1.29, 1.82) is 5.26 Å². The van der Waals surface area contributed by atoms with Crippen LogP contribution in [0.15, 0.2) is 0 Å². The molecule has 0 N–H and O–H groups in total. The van der Waals surface area contributed by atoms with E-state index in [0.717, 1.165) is 25.8 Å². The number of nitrogens with zero attached hydrogens (tertiary/aromatic N) is 2. The fourth-order valence-electron chi connectivity index (χ4n) is 1.86. The van der Waals surface area contributed by atoms with Crippen molar-refractivity contribution in [3.05, 3.63) is 0 Å². The highest BCUT2D eigenvalue weighted by Gasteiger charge is 2.30. The van der Waals surface area contributed by atoms with E-state index in [1.165, 1.54) is 7.11 Å². The molecule has 1 aliphatic heterocycles. The fourth-order valence-corrected chi connectivity index (χ4v) is 1.86. The van der Waals surface area contributed by atoms with Gasteiger partial charge in [-0.1, -0.05) is 0 Å². The van der Waals surface area contributed by atoms with Gasteiger partial charge in [0.2, 0.25) is 0 Å². The number of esters is 1. The van der Waals surface area contributed by atoms with Crippen LogP contribution < -0.4 is 0 Å². The normalized spacial score (nSPS) is 25.1. The van der Waals surface area contributed by atoms with Crippen molar-refractivity contribution in [1.82, 2.24) is 4.90 Å². The van der Waals surface area contributed by atoms with E-state index >= 15 is 0 Å². The number of carbonyl (C=O) groups is 1. The maximum atomic E-state index is 11.3. The Morgan fingerprint density at radius 3 is 2.93 bits per heavy atom. The molecule has 0 aromatic heterocycles. The second-order valence-corrected chi connectivity index (χ2v) is 3.58. The monoisotopic (exact) mass is 196 g/mol. The van der Waals surface area contributed by atoms with Crippen molar-refractivity contribution in [2.45, 2.75) is 38.3 Å². The summed E-state index contributed by atoms with van der Waals surface area (Å²) in [5, 5.41) is 8.92. The van der Waals surface area contributed by atoms with Crippen molar-refractivity contribution in [2.24, 2.45) is 0 Å². The number of piperidine rings is 1. The number of nitriles is 1. The molecule has 4 heteroatoms. The van der Waals surface area contributed by atoms with Crippen LogP contribution in [0.25, 0.3) is 0 Å². The molecule has 0 saturated carbocycles. The average molecular weight is 196 g/mol. The summed E-state index contributed by atoms with van der Waals surface area (Å²) in [6.45, 7) is 2.61. The molecule has 1 heterocycles. The third-order valence-corrected chi connectivity index (χ3v) is 2.73. The zero-order chi connectivity index (χ0) is 10.6. The van der Waals surface area contributed by atoms with Gasteiger partial charge in [-0.2, -0.15) is 5.26 Å². The maximum Gasteiger partial charge on any atom is 0.322 e. The van der Waals surface area contributed by atoms with E-state index < -0.39 is 0 Å². The lowest BCUT2D eigenvalue weighted by Gasteiger charge is -2.34. The van der Waals surface area contributed by atoms with E-state index in [4.69, 9.17) is 5.26 Å². The van der Waals surface area contributed by atoms with Crippen molar-refractivity contribution in [3.8, 4) is 6.07 Å². The van der Waals surface area contributed by atoms with Gasteiger partial charge in [0.05, 0.1) is 19.2 Å². The van der Waals surface area contributed by atoms with Crippen LogP contribution in [-0.2, 0) is 9.53 Å². The Morgan fingerprint density at radius 1 is 1.64 bits per heavy atom. The Bertz CT molecular complexity index is 247. The van der Waals surface area contributed by atoms with Crippen LogP contribution in [0.3, 0.4) is 0 Å². The molecular formula is C10H16N2O2. The van der Waals surface area contributed by atoms with Gasteiger partial charge in [-0.3, -0.25) is 9.69 Å². The van der Waals surface area contributed by atoms with Gasteiger partial charge in [-0.15, -0.1) is 0 Å². The Morgan fingerprint density at radius 2 is 2.36 bits per heavy atom. The van der Waals surface area contributed by atoms with Crippen molar-refractivity contribution < 1.29 is 9.53 Å². The number of likely N-dealkylation sites (tertiary alicyclic amines) is 1. The molecule has 0 bridgehead atoms. The highest BCUT2D eigenvalue weighted by Crippen LogP contribution is 2.19. The van der Waals surface area contributed by atoms with E-state index in [-0.39, 0.29) is 18.1 Å². The summed E-state index contributed by atoms with van der Waals surface area (Å²) in [6.07, 6.45) is 2.99. The lowest BCUT2D eigenvalue weighted by Crippen LogP contribution is -2.48. The molecule has 2 unspecified atom stereocenters. The molecule has 14 heavy (non-hydrogen) atoms. The first-order valence-corrected chi connectivity index (χ1v) is 4.94. The lowest BCUT2D eigenvalue weighted by molar-refractivity contribution is -0.147. The average Bonchev–Trinajstić information content (AvgIpc) is 2.26. The first-order chi connectivity index (χ1) is 6.70. The van der Waals surface area contributed by atoms with E-state index in [0.29, 0.717) is 0 Å². The van der Waals surface area contributed by atoms with E-state index in [2.05, 4.69) is 10.8 Å². The molecule has 0 amide bonds. The minimum Gasteiger partial charge on any atom is -0.468 e. The predicted molar refractivity (Wildman–Crippen MR) is 51.4 cm³/mol. The minimum absolute atomic E-state index is 0.127. The molecule has 0 spiro atoms. The lowest BCUT2D eigenvalue weighted by atomic mass is 10.0. The highest BCUT2D eigenvalue weighted by atomic mass is 16.5. The Hall–Kier alpha value is -1.08. The molecule has 0 aromatic carbocycles. The van der Waals surface area contributed by atoms with Crippen LogP contribution in [0.2, 0.25) is 0 Å². The summed E-state index contributed by atoms with van der Waals surface area (Å²) in [5.74, 6) is -0.257. The fraction of sp³-hybridized carbons (Fsp3) is 0.800. The van der Waals surface area contributed by atoms with Gasteiger partial charge in [-0.25, -0.2) is 0 Å². The van der Waals surface area contributed by atoms with Gasteiger partial charge < -0.3 is 4.74 Å². The number of ether oxygens (including phenoxy) is 1. The largest absolute Gasteiger partial charge is 0.468 e. The zero-order valence-corrected chi connectivity index (χ0v) is 8.69. The number of carbonyl (C=O) groups excluding carboxylic acids is 1. The molecule has 1 rings (SSSR count). The smallest absolute Gasteiger partial charge is 0.322 e. The van der Waals surface area contributed by atoms with Gasteiger partial charge >= 0.3 is 5.97 Å². The second kappa shape index (κ2) is 4.97. The Balaban J connectivity index is 2.64. The van der Waals surface area contributed by atoms with Crippen LogP contribution in [0.4, 0.5) is 0 Å². The molecule has 1 saturated heterocycles. The van der Waals surface area contributed by atoms with E-state index in [9.17, 15) is 4.79 Å². The summed E-state index contributed by atoms with van der Waals surface area (Å²) >= 11 is 0. The number of hydrogen-bond acceptors (Lipinski definition) is 4. The topological polar surface area (TPSA) is 53.3 Å². The Kier molecular flexibility index (Phi) is 3.90. The molecule has 0 aromatic rings. The third kappa shape index (κ3) is 2.24. The summed E-state index contributed by atoms with van der Waals surface area (Å²) < 4.78 is 4.67. The zero-order valence-electron chi connectivity index (χ0n) is 8.69. The summed E-state index contributed by atoms with van der Waals surface area (Å²) in [6, 6.07) is 1.80. The number of methoxy groups -OCH3 is 1. The summed E-state index contributed by atoms with van der Waals surface area (Å²) in [7, 11) is 1.38. The van der Waals surface area contributed by atoms with Crippen molar-refractivity contribution in [3.63, 3.8) is 0 Å². The maximum absolute atomic E-state index is 11.3. The van der Waals surface area contributed by atoms with Crippen LogP contribution in [0.5, 0.6) is 0 Å². The molecule has 2 atom stereocenters. The molecule has 1 aliphatic rings. The van der Waals surface area contributed by atoms with Crippen molar-refractivity contribution >= 4 is 5.97 Å². The van der Waals surface area contributed by atoms with Gasteiger partial charge in [0.25, 0.3) is 0 Å². The van der Waals surface area contributed by atoms with Gasteiger partial charge in [0, 0.05) is 6.54 Å². The van der Waals surface area contributed by atoms with Crippen LogP contribution in [0, 0.1) is 11.3 Å². The molecule has 78 valence electrons. The van der Waals surface area contributed by atoms with Crippen LogP contribution in [0.1, 0.15) is 26.2 Å². The number of rotatable bonds is 2. The standard InChI is InChI=1S/C10H16N2O2/c1-8(10(13)14-2)12-6-4-3-5-9(12)7-11/h8-9H,3-6H2,1-2H3.